The Labute approximate surface area is 128 Å². The third-order valence-corrected chi connectivity index (χ3v) is 6.05. The molecule has 0 aromatic carbocycles. The Kier molecular flexibility index (Phi) is 5.48. The number of aliphatic hydroxyl groups excluding tert-OH is 1. The number of unbranched alkanes of at least 4 members (excludes halogenated alkanes) is 1. The van der Waals surface area contributed by atoms with Crippen molar-refractivity contribution in [1.29, 1.82) is 0 Å². The van der Waals surface area contributed by atoms with Gasteiger partial charge in [-0.1, -0.05) is 26.0 Å². The number of fused-ring (bicyclic) bond motifs is 2. The van der Waals surface area contributed by atoms with Crippen LogP contribution >= 0.6 is 0 Å². The zero-order chi connectivity index (χ0) is 15.5. The molecular formula is C18H30O3. The summed E-state index contributed by atoms with van der Waals surface area (Å²) in [6.45, 7) is 5.07. The molecule has 0 spiro atoms. The summed E-state index contributed by atoms with van der Waals surface area (Å²) in [5, 5.41) is 9.74. The Morgan fingerprint density at radius 3 is 2.71 bits per heavy atom. The number of carbonyl (C=O) groups excluding carboxylic acids is 1. The van der Waals surface area contributed by atoms with Crippen LogP contribution in [0.1, 0.15) is 52.4 Å². The van der Waals surface area contributed by atoms with Crippen LogP contribution in [0, 0.1) is 29.1 Å². The number of hydrogen-bond acceptors (Lipinski definition) is 3. The van der Waals surface area contributed by atoms with Crippen molar-refractivity contribution in [3.63, 3.8) is 0 Å². The van der Waals surface area contributed by atoms with E-state index in [0.29, 0.717) is 36.2 Å². The molecule has 0 saturated heterocycles. The highest BCUT2D eigenvalue weighted by Gasteiger charge is 2.56. The van der Waals surface area contributed by atoms with Gasteiger partial charge >= 0.3 is 5.97 Å². The van der Waals surface area contributed by atoms with Crippen LogP contribution < -0.4 is 0 Å². The van der Waals surface area contributed by atoms with Crippen molar-refractivity contribution in [2.75, 3.05) is 13.7 Å². The fourth-order valence-electron chi connectivity index (χ4n) is 4.45. The Bertz CT molecular complexity index is 386. The number of aliphatic hydroxyl groups is 1. The van der Waals surface area contributed by atoms with Crippen molar-refractivity contribution in [3.8, 4) is 0 Å². The standard InChI is InChI=1S/C18H30O3/c1-18(2)14-10-13(15(12-19)16(18)11-14)8-6-4-5-7-9-17(20)21-3/h4,6,13-16,19H,5,7-12H2,1-3H3/t13-,14-,15-,16-/m0/s1. The molecule has 0 aromatic heterocycles. The normalized spacial score (nSPS) is 33.7. The molecule has 3 fully saturated rings. The Balaban J connectivity index is 1.72. The summed E-state index contributed by atoms with van der Waals surface area (Å²) < 4.78 is 4.63. The van der Waals surface area contributed by atoms with Crippen LogP contribution in [0.4, 0.5) is 0 Å². The van der Waals surface area contributed by atoms with E-state index in [4.69, 9.17) is 0 Å². The van der Waals surface area contributed by atoms with Gasteiger partial charge in [-0.05, 0) is 61.2 Å². The molecule has 3 aliphatic carbocycles. The summed E-state index contributed by atoms with van der Waals surface area (Å²) in [5.41, 5.74) is 0.439. The topological polar surface area (TPSA) is 46.5 Å². The molecule has 3 aliphatic rings. The van der Waals surface area contributed by atoms with Crippen LogP contribution in [0.2, 0.25) is 0 Å². The fourth-order valence-corrected chi connectivity index (χ4v) is 4.45. The molecule has 0 aromatic rings. The first-order valence-electron chi connectivity index (χ1n) is 8.33. The number of esters is 1. The number of allylic oxidation sites excluding steroid dienone is 2. The number of rotatable bonds is 7. The minimum atomic E-state index is -0.127. The van der Waals surface area contributed by atoms with E-state index in [2.05, 4.69) is 30.7 Å². The smallest absolute Gasteiger partial charge is 0.305 e. The van der Waals surface area contributed by atoms with Crippen molar-refractivity contribution in [2.45, 2.75) is 52.4 Å². The second-order valence-electron chi connectivity index (χ2n) is 7.38. The van der Waals surface area contributed by atoms with Gasteiger partial charge in [-0.15, -0.1) is 0 Å². The molecule has 3 nitrogen and oxygen atoms in total. The fraction of sp³-hybridized carbons (Fsp3) is 0.833. The number of methoxy groups -OCH3 is 1. The van der Waals surface area contributed by atoms with E-state index in [1.807, 2.05) is 0 Å². The average Bonchev–Trinajstić information content (AvgIpc) is 2.49. The van der Waals surface area contributed by atoms with E-state index < -0.39 is 0 Å². The SMILES string of the molecule is COC(=O)CCCC=CC[C@H]1C[C@H]2C[C@@H]([C@H]1CO)C2(C)C. The number of hydrogen-bond donors (Lipinski definition) is 1. The summed E-state index contributed by atoms with van der Waals surface area (Å²) in [7, 11) is 1.43. The Morgan fingerprint density at radius 2 is 2.10 bits per heavy atom. The quantitative estimate of drug-likeness (QED) is 0.443. The minimum absolute atomic E-state index is 0.127. The van der Waals surface area contributed by atoms with Gasteiger partial charge in [-0.25, -0.2) is 0 Å². The third-order valence-electron chi connectivity index (χ3n) is 6.05. The maximum atomic E-state index is 11.0. The molecular weight excluding hydrogens is 264 g/mol. The summed E-state index contributed by atoms with van der Waals surface area (Å²) in [6.07, 6.45) is 10.4. The van der Waals surface area contributed by atoms with Crippen LogP contribution in [-0.2, 0) is 9.53 Å². The molecule has 2 bridgehead atoms. The molecule has 0 unspecified atom stereocenters. The predicted molar refractivity (Wildman–Crippen MR) is 83.7 cm³/mol. The minimum Gasteiger partial charge on any atom is -0.469 e. The van der Waals surface area contributed by atoms with Gasteiger partial charge in [0.2, 0.25) is 0 Å². The van der Waals surface area contributed by atoms with Gasteiger partial charge in [0.05, 0.1) is 7.11 Å². The molecule has 0 aliphatic heterocycles. The second-order valence-corrected chi connectivity index (χ2v) is 7.38. The third kappa shape index (κ3) is 3.50. The maximum absolute atomic E-state index is 11.0. The second kappa shape index (κ2) is 6.95. The zero-order valence-electron chi connectivity index (χ0n) is 13.7. The lowest BCUT2D eigenvalue weighted by Gasteiger charge is -2.62. The molecule has 0 amide bonds. The van der Waals surface area contributed by atoms with Gasteiger partial charge in [0.1, 0.15) is 0 Å². The molecule has 0 radical (unpaired) electrons. The summed E-state index contributed by atoms with van der Waals surface area (Å²) in [4.78, 5) is 11.0. The monoisotopic (exact) mass is 294 g/mol. The lowest BCUT2D eigenvalue weighted by atomic mass is 9.43. The highest BCUT2D eigenvalue weighted by atomic mass is 16.5. The van der Waals surface area contributed by atoms with Crippen LogP contribution in [0.25, 0.3) is 0 Å². The molecule has 21 heavy (non-hydrogen) atoms. The molecule has 1 N–H and O–H groups in total. The predicted octanol–water partition coefficient (Wildman–Crippen LogP) is 3.57. The van der Waals surface area contributed by atoms with Gasteiger partial charge in [-0.3, -0.25) is 4.79 Å². The van der Waals surface area contributed by atoms with Crippen molar-refractivity contribution in [2.24, 2.45) is 29.1 Å². The molecule has 3 heteroatoms. The molecule has 4 atom stereocenters. The number of carbonyl (C=O) groups is 1. The lowest BCUT2D eigenvalue weighted by molar-refractivity contribution is -0.145. The summed E-state index contributed by atoms with van der Waals surface area (Å²) in [6, 6.07) is 0. The van der Waals surface area contributed by atoms with Gasteiger partial charge in [0.25, 0.3) is 0 Å². The molecule has 120 valence electrons. The van der Waals surface area contributed by atoms with Crippen LogP contribution in [0.5, 0.6) is 0 Å². The molecule has 3 rings (SSSR count). The van der Waals surface area contributed by atoms with Crippen LogP contribution in [0.15, 0.2) is 12.2 Å². The van der Waals surface area contributed by atoms with Gasteiger partial charge in [-0.2, -0.15) is 0 Å². The van der Waals surface area contributed by atoms with Crippen molar-refractivity contribution in [1.82, 2.24) is 0 Å². The van der Waals surface area contributed by atoms with E-state index in [0.717, 1.165) is 25.2 Å². The highest BCUT2D eigenvalue weighted by molar-refractivity contribution is 5.69. The molecule has 3 saturated carbocycles. The van der Waals surface area contributed by atoms with Crippen molar-refractivity contribution >= 4 is 5.97 Å². The number of ether oxygens (including phenoxy) is 1. The average molecular weight is 294 g/mol. The van der Waals surface area contributed by atoms with E-state index in [1.54, 1.807) is 0 Å². The van der Waals surface area contributed by atoms with Crippen LogP contribution in [-0.4, -0.2) is 24.8 Å². The zero-order valence-corrected chi connectivity index (χ0v) is 13.7. The Hall–Kier alpha value is -0.830. The van der Waals surface area contributed by atoms with Gasteiger partial charge in [0.15, 0.2) is 0 Å². The highest BCUT2D eigenvalue weighted by Crippen LogP contribution is 2.63. The summed E-state index contributed by atoms with van der Waals surface area (Å²) in [5.74, 6) is 2.55. The van der Waals surface area contributed by atoms with E-state index >= 15 is 0 Å². The van der Waals surface area contributed by atoms with E-state index in [-0.39, 0.29) is 5.97 Å². The first kappa shape index (κ1) is 16.5. The first-order chi connectivity index (χ1) is 10.0. The van der Waals surface area contributed by atoms with E-state index in [1.165, 1.54) is 20.0 Å². The van der Waals surface area contributed by atoms with E-state index in [9.17, 15) is 9.90 Å². The Morgan fingerprint density at radius 1 is 1.33 bits per heavy atom. The maximum Gasteiger partial charge on any atom is 0.305 e. The van der Waals surface area contributed by atoms with Crippen molar-refractivity contribution in [3.05, 3.63) is 12.2 Å². The largest absolute Gasteiger partial charge is 0.469 e. The van der Waals surface area contributed by atoms with Crippen LogP contribution in [0.3, 0.4) is 0 Å². The van der Waals surface area contributed by atoms with Crippen molar-refractivity contribution < 1.29 is 14.6 Å². The molecule has 0 heterocycles. The van der Waals surface area contributed by atoms with Gasteiger partial charge < -0.3 is 9.84 Å². The summed E-state index contributed by atoms with van der Waals surface area (Å²) >= 11 is 0. The van der Waals surface area contributed by atoms with Gasteiger partial charge in [0, 0.05) is 13.0 Å². The first-order valence-corrected chi connectivity index (χ1v) is 8.33. The lowest BCUT2D eigenvalue weighted by Crippen LogP contribution is -2.56.